The molecule has 1 unspecified atom stereocenters. The highest BCUT2D eigenvalue weighted by Gasteiger charge is 2.21. The molecule has 0 aromatic carbocycles. The zero-order valence-electron chi connectivity index (χ0n) is 11.3. The molecule has 1 saturated heterocycles. The first kappa shape index (κ1) is 13.6. The van der Waals surface area contributed by atoms with E-state index in [9.17, 15) is 0 Å². The second kappa shape index (κ2) is 6.39. The van der Waals surface area contributed by atoms with Gasteiger partial charge in [-0.1, -0.05) is 6.92 Å². The lowest BCUT2D eigenvalue weighted by Gasteiger charge is -2.39. The predicted molar refractivity (Wildman–Crippen MR) is 77.3 cm³/mol. The van der Waals surface area contributed by atoms with Crippen molar-refractivity contribution in [3.05, 3.63) is 24.0 Å². The van der Waals surface area contributed by atoms with Crippen LogP contribution in [-0.2, 0) is 5.88 Å². The molecular formula is C14H22ClN3. The Morgan fingerprint density at radius 2 is 2.06 bits per heavy atom. The second-order valence-corrected chi connectivity index (χ2v) is 5.19. The molecule has 100 valence electrons. The normalized spacial score (nSPS) is 18.9. The molecule has 1 aliphatic heterocycles. The highest BCUT2D eigenvalue weighted by atomic mass is 35.5. The molecule has 0 bridgehead atoms. The third-order valence-electron chi connectivity index (χ3n) is 3.89. The van der Waals surface area contributed by atoms with E-state index < -0.39 is 0 Å². The zero-order chi connectivity index (χ0) is 13.0. The molecule has 4 heteroatoms. The second-order valence-electron chi connectivity index (χ2n) is 4.92. The third-order valence-corrected chi connectivity index (χ3v) is 4.18. The van der Waals surface area contributed by atoms with Crippen molar-refractivity contribution in [3.8, 4) is 0 Å². The summed E-state index contributed by atoms with van der Waals surface area (Å²) in [4.78, 5) is 9.14. The summed E-state index contributed by atoms with van der Waals surface area (Å²) in [6.07, 6.45) is 4.96. The Kier molecular flexibility index (Phi) is 4.84. The third kappa shape index (κ3) is 2.96. The van der Waals surface area contributed by atoms with Crippen molar-refractivity contribution in [2.75, 3.05) is 31.1 Å². The molecular weight excluding hydrogens is 246 g/mol. The number of anilines is 1. The number of hydrogen-bond acceptors (Lipinski definition) is 3. The standard InChI is InChI=1S/C14H22ClN3/c1-3-12(2)17-6-8-18(9-7-17)14-4-5-16-11-13(14)10-15/h4-5,11-12H,3,6-10H2,1-2H3. The highest BCUT2D eigenvalue weighted by Crippen LogP contribution is 2.23. The fourth-order valence-corrected chi connectivity index (χ4v) is 2.70. The van der Waals surface area contributed by atoms with Gasteiger partial charge in [0.1, 0.15) is 0 Å². The molecule has 1 aliphatic rings. The summed E-state index contributed by atoms with van der Waals surface area (Å²) in [5, 5.41) is 0. The minimum absolute atomic E-state index is 0.536. The lowest BCUT2D eigenvalue weighted by atomic mass is 10.1. The maximum absolute atomic E-state index is 5.98. The van der Waals surface area contributed by atoms with Crippen LogP contribution in [0.5, 0.6) is 0 Å². The van der Waals surface area contributed by atoms with Gasteiger partial charge in [-0.3, -0.25) is 9.88 Å². The summed E-state index contributed by atoms with van der Waals surface area (Å²) in [7, 11) is 0. The number of halogens is 1. The SMILES string of the molecule is CCC(C)N1CCN(c2ccncc2CCl)CC1. The topological polar surface area (TPSA) is 19.4 Å². The van der Waals surface area contributed by atoms with Gasteiger partial charge in [-0.15, -0.1) is 11.6 Å². The Hall–Kier alpha value is -0.800. The van der Waals surface area contributed by atoms with Gasteiger partial charge >= 0.3 is 0 Å². The van der Waals surface area contributed by atoms with Crippen LogP contribution < -0.4 is 4.90 Å². The van der Waals surface area contributed by atoms with Crippen LogP contribution in [0.3, 0.4) is 0 Å². The average Bonchev–Trinajstić information content (AvgIpc) is 2.46. The first-order chi connectivity index (χ1) is 8.76. The Balaban J connectivity index is 2.01. The maximum atomic E-state index is 5.98. The highest BCUT2D eigenvalue weighted by molar-refractivity contribution is 6.17. The van der Waals surface area contributed by atoms with Crippen LogP contribution in [0, 0.1) is 0 Å². The van der Waals surface area contributed by atoms with E-state index in [4.69, 9.17) is 11.6 Å². The molecule has 1 fully saturated rings. The summed E-state index contributed by atoms with van der Waals surface area (Å²) < 4.78 is 0. The van der Waals surface area contributed by atoms with Gasteiger partial charge in [-0.2, -0.15) is 0 Å². The molecule has 1 atom stereocenters. The van der Waals surface area contributed by atoms with E-state index in [1.165, 1.54) is 12.1 Å². The summed E-state index contributed by atoms with van der Waals surface area (Å²) in [5.41, 5.74) is 2.39. The van der Waals surface area contributed by atoms with E-state index in [0.717, 1.165) is 31.7 Å². The molecule has 0 aliphatic carbocycles. The van der Waals surface area contributed by atoms with Gasteiger partial charge in [-0.25, -0.2) is 0 Å². The van der Waals surface area contributed by atoms with Gasteiger partial charge in [0.2, 0.25) is 0 Å². The van der Waals surface area contributed by atoms with Crippen LogP contribution in [0.4, 0.5) is 5.69 Å². The zero-order valence-corrected chi connectivity index (χ0v) is 12.0. The first-order valence-electron chi connectivity index (χ1n) is 6.74. The van der Waals surface area contributed by atoms with E-state index in [0.29, 0.717) is 11.9 Å². The molecule has 0 radical (unpaired) electrons. The molecule has 18 heavy (non-hydrogen) atoms. The summed E-state index contributed by atoms with van der Waals surface area (Å²) in [6.45, 7) is 9.01. The number of nitrogens with zero attached hydrogens (tertiary/aromatic N) is 3. The molecule has 2 rings (SSSR count). The molecule has 0 N–H and O–H groups in total. The quantitative estimate of drug-likeness (QED) is 0.782. The molecule has 2 heterocycles. The fraction of sp³-hybridized carbons (Fsp3) is 0.643. The van der Waals surface area contributed by atoms with Crippen LogP contribution in [-0.4, -0.2) is 42.1 Å². The predicted octanol–water partition coefficient (Wildman–Crippen LogP) is 2.74. The van der Waals surface area contributed by atoms with Crippen molar-refractivity contribution in [1.29, 1.82) is 0 Å². The monoisotopic (exact) mass is 267 g/mol. The van der Waals surface area contributed by atoms with E-state index in [-0.39, 0.29) is 0 Å². The number of alkyl halides is 1. The van der Waals surface area contributed by atoms with Crippen LogP contribution in [0.15, 0.2) is 18.5 Å². The van der Waals surface area contributed by atoms with Gasteiger partial charge in [-0.05, 0) is 19.4 Å². The number of hydrogen-bond donors (Lipinski definition) is 0. The Morgan fingerprint density at radius 3 is 2.67 bits per heavy atom. The summed E-state index contributed by atoms with van der Waals surface area (Å²) >= 11 is 5.98. The van der Waals surface area contributed by atoms with E-state index in [1.807, 2.05) is 12.4 Å². The van der Waals surface area contributed by atoms with Crippen LogP contribution in [0.1, 0.15) is 25.8 Å². The molecule has 1 aromatic heterocycles. The van der Waals surface area contributed by atoms with Gasteiger partial charge in [0.05, 0.1) is 5.88 Å². The largest absolute Gasteiger partial charge is 0.369 e. The van der Waals surface area contributed by atoms with E-state index in [2.05, 4.69) is 34.7 Å². The first-order valence-corrected chi connectivity index (χ1v) is 7.27. The number of pyridine rings is 1. The van der Waals surface area contributed by atoms with Crippen molar-refractivity contribution in [3.63, 3.8) is 0 Å². The average molecular weight is 268 g/mol. The van der Waals surface area contributed by atoms with Gasteiger partial charge < -0.3 is 4.90 Å². The molecule has 0 spiro atoms. The van der Waals surface area contributed by atoms with Crippen LogP contribution in [0.2, 0.25) is 0 Å². The Labute approximate surface area is 115 Å². The van der Waals surface area contributed by atoms with Crippen LogP contribution in [0.25, 0.3) is 0 Å². The molecule has 0 amide bonds. The minimum atomic E-state index is 0.536. The summed E-state index contributed by atoms with van der Waals surface area (Å²) in [6, 6.07) is 2.77. The Bertz CT molecular complexity index is 375. The summed E-state index contributed by atoms with van der Waals surface area (Å²) in [5.74, 6) is 0.536. The van der Waals surface area contributed by atoms with Gasteiger partial charge in [0, 0.05) is 55.9 Å². The molecule has 3 nitrogen and oxygen atoms in total. The van der Waals surface area contributed by atoms with E-state index >= 15 is 0 Å². The van der Waals surface area contributed by atoms with Gasteiger partial charge in [0.15, 0.2) is 0 Å². The number of piperazine rings is 1. The lowest BCUT2D eigenvalue weighted by Crippen LogP contribution is -2.49. The van der Waals surface area contributed by atoms with E-state index in [1.54, 1.807) is 0 Å². The molecule has 1 aromatic rings. The minimum Gasteiger partial charge on any atom is -0.369 e. The molecule has 0 saturated carbocycles. The van der Waals surface area contributed by atoms with Crippen molar-refractivity contribution < 1.29 is 0 Å². The van der Waals surface area contributed by atoms with Crippen molar-refractivity contribution in [2.24, 2.45) is 0 Å². The Morgan fingerprint density at radius 1 is 1.33 bits per heavy atom. The van der Waals surface area contributed by atoms with Crippen LogP contribution >= 0.6 is 11.6 Å². The van der Waals surface area contributed by atoms with Gasteiger partial charge in [0.25, 0.3) is 0 Å². The number of rotatable bonds is 4. The fourth-order valence-electron chi connectivity index (χ4n) is 2.49. The smallest absolute Gasteiger partial charge is 0.0509 e. The van der Waals surface area contributed by atoms with Crippen molar-refractivity contribution >= 4 is 17.3 Å². The lowest BCUT2D eigenvalue weighted by molar-refractivity contribution is 0.193. The maximum Gasteiger partial charge on any atom is 0.0509 e. The number of aromatic nitrogens is 1. The van der Waals surface area contributed by atoms with Crippen molar-refractivity contribution in [1.82, 2.24) is 9.88 Å². The van der Waals surface area contributed by atoms with Crippen molar-refractivity contribution in [2.45, 2.75) is 32.2 Å².